The summed E-state index contributed by atoms with van der Waals surface area (Å²) in [6, 6.07) is 3.92. The van der Waals surface area contributed by atoms with Crippen LogP contribution in [-0.2, 0) is 0 Å². The molecule has 1 N–H and O–H groups in total. The minimum Gasteiger partial charge on any atom is -0.356 e. The van der Waals surface area contributed by atoms with E-state index in [4.69, 9.17) is 0 Å². The Balaban J connectivity index is 1.45. The van der Waals surface area contributed by atoms with Crippen LogP contribution in [0, 0.1) is 25.6 Å². The molecule has 3 aromatic heterocycles. The molecule has 3 aromatic rings. The van der Waals surface area contributed by atoms with E-state index in [0.29, 0.717) is 11.9 Å². The van der Waals surface area contributed by atoms with Gasteiger partial charge in [0.05, 0.1) is 11.9 Å². The molecule has 0 amide bonds. The van der Waals surface area contributed by atoms with Crippen LogP contribution in [0.1, 0.15) is 11.4 Å². The molecule has 8 nitrogen and oxygen atoms in total. The van der Waals surface area contributed by atoms with E-state index in [1.807, 2.05) is 35.5 Å². The van der Waals surface area contributed by atoms with Crippen LogP contribution in [0.2, 0.25) is 0 Å². The van der Waals surface area contributed by atoms with Crippen LogP contribution in [-0.4, -0.2) is 51.2 Å². The van der Waals surface area contributed by atoms with Crippen LogP contribution in [0.25, 0.3) is 5.65 Å². The average molecular weight is 357 g/mol. The molecule has 4 heterocycles. The van der Waals surface area contributed by atoms with E-state index >= 15 is 0 Å². The molecule has 26 heavy (non-hydrogen) atoms. The van der Waals surface area contributed by atoms with Crippen LogP contribution in [0.4, 0.5) is 16.2 Å². The second-order valence-electron chi connectivity index (χ2n) is 6.80. The first-order valence-electron chi connectivity index (χ1n) is 8.46. The van der Waals surface area contributed by atoms with Crippen LogP contribution in [0.15, 0.2) is 23.1 Å². The van der Waals surface area contributed by atoms with Gasteiger partial charge in [0.2, 0.25) is 11.8 Å². The van der Waals surface area contributed by atoms with Gasteiger partial charge in [0, 0.05) is 50.4 Å². The monoisotopic (exact) mass is 357 g/mol. The van der Waals surface area contributed by atoms with Crippen LogP contribution in [0.3, 0.4) is 0 Å². The average Bonchev–Trinajstić information content (AvgIpc) is 3.02. The number of hydrogen-bond acceptors (Lipinski definition) is 6. The van der Waals surface area contributed by atoms with Crippen molar-refractivity contribution in [2.75, 3.05) is 36.5 Å². The number of fused-ring (bicyclic) bond motifs is 1. The van der Waals surface area contributed by atoms with Crippen LogP contribution < -0.4 is 15.4 Å². The highest BCUT2D eigenvalue weighted by molar-refractivity contribution is 5.52. The Kier molecular flexibility index (Phi) is 3.86. The molecule has 4 rings (SSSR count). The first-order chi connectivity index (χ1) is 12.4. The number of aromatic nitrogens is 5. The van der Waals surface area contributed by atoms with Crippen molar-refractivity contribution in [2.24, 2.45) is 5.92 Å². The summed E-state index contributed by atoms with van der Waals surface area (Å²) in [4.78, 5) is 26.8. The minimum absolute atomic E-state index is 0.110. The highest BCUT2D eigenvalue weighted by Gasteiger charge is 2.30. The van der Waals surface area contributed by atoms with E-state index in [1.54, 1.807) is 6.20 Å². The van der Waals surface area contributed by atoms with Crippen molar-refractivity contribution in [3.63, 3.8) is 0 Å². The second-order valence-corrected chi connectivity index (χ2v) is 6.80. The number of halogens is 1. The van der Waals surface area contributed by atoms with Gasteiger partial charge in [0.25, 0.3) is 5.56 Å². The van der Waals surface area contributed by atoms with E-state index in [-0.39, 0.29) is 5.69 Å². The fourth-order valence-corrected chi connectivity index (χ4v) is 3.33. The van der Waals surface area contributed by atoms with Crippen molar-refractivity contribution in [2.45, 2.75) is 13.8 Å². The van der Waals surface area contributed by atoms with Gasteiger partial charge >= 0.3 is 0 Å². The zero-order chi connectivity index (χ0) is 18.4. The molecule has 0 aromatic carbocycles. The standard InChI is InChI=1S/C17H20FN7O/c1-10-6-14(25-13(20-10)4-5-19-25)24-8-12(9-24)7-23(3)17-21-11(2)15(18)16(26)22-17/h4-6,12H,7-9H2,1-3H3,(H,21,22,26). The van der Waals surface area contributed by atoms with Crippen LogP contribution in [0.5, 0.6) is 0 Å². The van der Waals surface area contributed by atoms with Gasteiger partial charge in [0.15, 0.2) is 5.65 Å². The largest absolute Gasteiger partial charge is 0.356 e. The first-order valence-corrected chi connectivity index (χ1v) is 8.46. The minimum atomic E-state index is -0.826. The maximum absolute atomic E-state index is 13.4. The molecule has 0 spiro atoms. The molecule has 1 aliphatic rings. The summed E-state index contributed by atoms with van der Waals surface area (Å²) in [7, 11) is 1.85. The highest BCUT2D eigenvalue weighted by atomic mass is 19.1. The van der Waals surface area contributed by atoms with Crippen molar-refractivity contribution in [3.05, 3.63) is 45.9 Å². The lowest BCUT2D eigenvalue weighted by atomic mass is 9.99. The molecule has 0 bridgehead atoms. The molecule has 0 radical (unpaired) electrons. The van der Waals surface area contributed by atoms with Gasteiger partial charge in [0.1, 0.15) is 5.82 Å². The number of aromatic amines is 1. The first kappa shape index (κ1) is 16.5. The van der Waals surface area contributed by atoms with Gasteiger partial charge in [-0.15, -0.1) is 0 Å². The molecular weight excluding hydrogens is 337 g/mol. The van der Waals surface area contributed by atoms with E-state index in [2.05, 4.69) is 25.0 Å². The molecule has 1 saturated heterocycles. The summed E-state index contributed by atoms with van der Waals surface area (Å²) >= 11 is 0. The molecular formula is C17H20FN7O. The molecule has 0 atom stereocenters. The fourth-order valence-electron chi connectivity index (χ4n) is 3.33. The second kappa shape index (κ2) is 6.08. The third-order valence-corrected chi connectivity index (χ3v) is 4.66. The van der Waals surface area contributed by atoms with Crippen molar-refractivity contribution >= 4 is 17.4 Å². The van der Waals surface area contributed by atoms with Crippen molar-refractivity contribution in [1.29, 1.82) is 0 Å². The van der Waals surface area contributed by atoms with Gasteiger partial charge in [-0.1, -0.05) is 0 Å². The molecule has 0 aliphatic carbocycles. The summed E-state index contributed by atoms with van der Waals surface area (Å²) in [6.07, 6.45) is 1.75. The van der Waals surface area contributed by atoms with E-state index in [1.165, 1.54) is 6.92 Å². The maximum Gasteiger partial charge on any atom is 0.288 e. The molecule has 1 aliphatic heterocycles. The van der Waals surface area contributed by atoms with Gasteiger partial charge < -0.3 is 9.80 Å². The lowest BCUT2D eigenvalue weighted by molar-refractivity contribution is 0.406. The topological polar surface area (TPSA) is 82.4 Å². The fraction of sp³-hybridized carbons (Fsp3) is 0.412. The normalized spacial score (nSPS) is 14.7. The number of rotatable bonds is 4. The number of aryl methyl sites for hydroxylation is 2. The van der Waals surface area contributed by atoms with Gasteiger partial charge in [-0.25, -0.2) is 9.97 Å². The number of H-pyrrole nitrogens is 1. The predicted octanol–water partition coefficient (Wildman–Crippen LogP) is 1.14. The van der Waals surface area contributed by atoms with Crippen molar-refractivity contribution in [3.8, 4) is 0 Å². The van der Waals surface area contributed by atoms with E-state index in [0.717, 1.165) is 36.8 Å². The third kappa shape index (κ3) is 2.79. The maximum atomic E-state index is 13.4. The Labute approximate surface area is 149 Å². The van der Waals surface area contributed by atoms with Gasteiger partial charge in [-0.3, -0.25) is 9.78 Å². The summed E-state index contributed by atoms with van der Waals surface area (Å²) in [5.74, 6) is 1.00. The summed E-state index contributed by atoms with van der Waals surface area (Å²) in [5, 5.41) is 4.34. The lowest BCUT2D eigenvalue weighted by Crippen LogP contribution is -2.52. The van der Waals surface area contributed by atoms with Gasteiger partial charge in [-0.05, 0) is 13.8 Å². The summed E-state index contributed by atoms with van der Waals surface area (Å²) < 4.78 is 15.3. The molecule has 9 heteroatoms. The number of hydrogen-bond donors (Lipinski definition) is 1. The molecule has 0 saturated carbocycles. The smallest absolute Gasteiger partial charge is 0.288 e. The SMILES string of the molecule is Cc1cc(N2CC(CN(C)c3nc(C)c(F)c(=O)[nH]3)C2)n2nccc2n1. The quantitative estimate of drug-likeness (QED) is 0.754. The summed E-state index contributed by atoms with van der Waals surface area (Å²) in [5.41, 5.74) is 1.17. The number of nitrogens with one attached hydrogen (secondary N) is 1. The predicted molar refractivity (Wildman–Crippen MR) is 96.2 cm³/mol. The van der Waals surface area contributed by atoms with Crippen molar-refractivity contribution < 1.29 is 4.39 Å². The van der Waals surface area contributed by atoms with E-state index < -0.39 is 11.4 Å². The lowest BCUT2D eigenvalue weighted by Gasteiger charge is -2.42. The Morgan fingerprint density at radius 1 is 1.35 bits per heavy atom. The summed E-state index contributed by atoms with van der Waals surface area (Å²) in [6.45, 7) is 5.92. The zero-order valence-corrected chi connectivity index (χ0v) is 14.9. The third-order valence-electron chi connectivity index (χ3n) is 4.66. The zero-order valence-electron chi connectivity index (χ0n) is 14.9. The van der Waals surface area contributed by atoms with Crippen LogP contribution >= 0.6 is 0 Å². The number of nitrogens with zero attached hydrogens (tertiary/aromatic N) is 6. The molecule has 136 valence electrons. The highest BCUT2D eigenvalue weighted by Crippen LogP contribution is 2.26. The van der Waals surface area contributed by atoms with Gasteiger partial charge in [-0.2, -0.15) is 14.0 Å². The molecule has 0 unspecified atom stereocenters. The number of anilines is 2. The Morgan fingerprint density at radius 3 is 2.85 bits per heavy atom. The van der Waals surface area contributed by atoms with Crippen molar-refractivity contribution in [1.82, 2.24) is 24.6 Å². The Hall–Kier alpha value is -2.97. The molecule has 1 fully saturated rings. The Morgan fingerprint density at radius 2 is 2.12 bits per heavy atom. The Bertz CT molecular complexity index is 1020. The van der Waals surface area contributed by atoms with E-state index in [9.17, 15) is 9.18 Å².